The molecule has 62 heavy (non-hydrogen) atoms. The Bertz CT molecular complexity index is 1430. The summed E-state index contributed by atoms with van der Waals surface area (Å²) in [5.74, 6) is -1.53. The lowest BCUT2D eigenvalue weighted by atomic mass is 9.95. The van der Waals surface area contributed by atoms with Gasteiger partial charge in [-0.3, -0.25) is 9.59 Å². The van der Waals surface area contributed by atoms with Crippen LogP contribution in [-0.2, 0) is 61.7 Å². The summed E-state index contributed by atoms with van der Waals surface area (Å²) in [7, 11) is 0. The van der Waals surface area contributed by atoms with Crippen LogP contribution in [0.5, 0.6) is 0 Å². The molecule has 360 valence electrons. The van der Waals surface area contributed by atoms with Crippen LogP contribution in [0, 0.1) is 0 Å². The van der Waals surface area contributed by atoms with E-state index < -0.39 is 179 Å². The molecule has 10 unspecified atom stereocenters. The summed E-state index contributed by atoms with van der Waals surface area (Å²) in [5.41, 5.74) is 0. The van der Waals surface area contributed by atoms with Crippen LogP contribution in [0.25, 0.3) is 0 Å². The number of rotatable bonds is 15. The topological polar surface area (TPSA) is 370 Å². The summed E-state index contributed by atoms with van der Waals surface area (Å²) in [6.45, 7) is 6.69. The number of hydrogen-bond donors (Lipinski definition) is 12. The van der Waals surface area contributed by atoms with Gasteiger partial charge in [0.05, 0.1) is 31.5 Å². The molecule has 0 bridgehead atoms. The molecule has 0 spiro atoms. The van der Waals surface area contributed by atoms with Crippen molar-refractivity contribution in [3.8, 4) is 0 Å². The molecule has 5 fully saturated rings. The zero-order chi connectivity index (χ0) is 45.9. The standard InChI is InChI=1S/C37H63NO24/c1-7-8-52-35-31(56-15(6)42)28(20(44)12(3)53-35)60-36-30(26(50)19(43)11(2)54-36)61-37-32(62-33-18(38-14(5)41)24(48)22(46)16(9-39)57-33)29(21(45)13(4)55-37)59-34-27(51)25(49)23(47)17(10-40)58-34/h11-13,16-37,39-40,43-51H,7-10H2,1-6H3,(H,38,41)/t11?,12?,13?,16?,17-,18?,19-,20-,21-,22+,23+,24+,25?,26-,27?,28-,29-,30?,31?,32?,33-,34+,35+,36-,37-/m0/s1. The summed E-state index contributed by atoms with van der Waals surface area (Å²) in [6, 6.07) is -1.60. The van der Waals surface area contributed by atoms with Crippen molar-refractivity contribution in [1.29, 1.82) is 0 Å². The quantitative estimate of drug-likeness (QED) is 0.0680. The number of aliphatic hydroxyl groups excluding tert-OH is 11. The molecule has 0 radical (unpaired) electrons. The van der Waals surface area contributed by atoms with Crippen LogP contribution in [-0.4, -0.2) is 241 Å². The van der Waals surface area contributed by atoms with Crippen molar-refractivity contribution < 1.29 is 118 Å². The van der Waals surface area contributed by atoms with E-state index >= 15 is 0 Å². The average Bonchev–Trinajstić information content (AvgIpc) is 3.22. The Balaban J connectivity index is 1.55. The molecule has 5 heterocycles. The highest BCUT2D eigenvalue weighted by molar-refractivity contribution is 5.73. The van der Waals surface area contributed by atoms with E-state index in [1.807, 2.05) is 6.92 Å². The molecule has 25 nitrogen and oxygen atoms in total. The summed E-state index contributed by atoms with van der Waals surface area (Å²) in [5, 5.41) is 121. The van der Waals surface area contributed by atoms with Gasteiger partial charge in [-0.25, -0.2) is 0 Å². The van der Waals surface area contributed by atoms with Gasteiger partial charge >= 0.3 is 5.97 Å². The van der Waals surface area contributed by atoms with Gasteiger partial charge in [0.25, 0.3) is 0 Å². The van der Waals surface area contributed by atoms with Gasteiger partial charge in [0.15, 0.2) is 37.6 Å². The van der Waals surface area contributed by atoms with Crippen LogP contribution in [0.2, 0.25) is 0 Å². The Morgan fingerprint density at radius 3 is 1.52 bits per heavy atom. The second-order valence-electron chi connectivity index (χ2n) is 16.1. The highest BCUT2D eigenvalue weighted by atomic mass is 16.8. The molecule has 0 aromatic heterocycles. The lowest BCUT2D eigenvalue weighted by Crippen LogP contribution is -2.69. The smallest absolute Gasteiger partial charge is 0.303 e. The number of esters is 1. The second kappa shape index (κ2) is 22.1. The molecule has 5 aliphatic heterocycles. The molecular weight excluding hydrogens is 842 g/mol. The zero-order valence-corrected chi connectivity index (χ0v) is 35.0. The zero-order valence-electron chi connectivity index (χ0n) is 35.0. The number of carbonyl (C=O) groups is 2. The normalized spacial score (nSPS) is 49.0. The molecule has 0 aromatic rings. The van der Waals surface area contributed by atoms with E-state index in [2.05, 4.69) is 5.32 Å². The number of amides is 1. The fourth-order valence-electron chi connectivity index (χ4n) is 7.86. The van der Waals surface area contributed by atoms with Gasteiger partial charge in [0, 0.05) is 20.5 Å². The monoisotopic (exact) mass is 905 g/mol. The predicted octanol–water partition coefficient (Wildman–Crippen LogP) is -6.69. The first-order valence-electron chi connectivity index (χ1n) is 20.5. The van der Waals surface area contributed by atoms with E-state index in [1.54, 1.807) is 0 Å². The fraction of sp³-hybridized carbons (Fsp3) is 0.946. The van der Waals surface area contributed by atoms with Gasteiger partial charge in [0.2, 0.25) is 5.91 Å². The Morgan fingerprint density at radius 2 is 0.968 bits per heavy atom. The van der Waals surface area contributed by atoms with Crippen molar-refractivity contribution in [2.45, 2.75) is 201 Å². The molecule has 5 rings (SSSR count). The first kappa shape index (κ1) is 51.1. The minimum Gasteiger partial charge on any atom is -0.454 e. The molecule has 25 heteroatoms. The molecule has 5 saturated heterocycles. The molecule has 5 aliphatic rings. The predicted molar refractivity (Wildman–Crippen MR) is 197 cm³/mol. The van der Waals surface area contributed by atoms with E-state index in [-0.39, 0.29) is 6.61 Å². The third kappa shape index (κ3) is 11.2. The van der Waals surface area contributed by atoms with Gasteiger partial charge in [-0.1, -0.05) is 6.92 Å². The highest BCUT2D eigenvalue weighted by Crippen LogP contribution is 2.37. The SMILES string of the molecule is CCCO[C@@H]1OC(C)[C@H](O)[C@H](O[C@@H]2OC(C)[C@H](O)[C@H](O)C2O[C@@H]2OC(C)[C@H](O)[C@H](O[C@H]3O[C@@H](CO)[C@@H](O)C(O)C3O)C2O[C@@H]2OC(CO)[C@@H](O)[C@H](O)C2NC(C)=O)C1OC(C)=O. The summed E-state index contributed by atoms with van der Waals surface area (Å²) < 4.78 is 65.3. The van der Waals surface area contributed by atoms with Crippen LogP contribution in [0.3, 0.4) is 0 Å². The Morgan fingerprint density at radius 1 is 0.500 bits per heavy atom. The maximum Gasteiger partial charge on any atom is 0.303 e. The van der Waals surface area contributed by atoms with Crippen LogP contribution in [0.1, 0.15) is 48.0 Å². The first-order chi connectivity index (χ1) is 29.2. The van der Waals surface area contributed by atoms with Crippen LogP contribution in [0.15, 0.2) is 0 Å². The van der Waals surface area contributed by atoms with Gasteiger partial charge in [-0.2, -0.15) is 0 Å². The van der Waals surface area contributed by atoms with E-state index in [0.717, 1.165) is 13.8 Å². The minimum atomic E-state index is -2.02. The minimum absolute atomic E-state index is 0.158. The largest absolute Gasteiger partial charge is 0.454 e. The van der Waals surface area contributed by atoms with Crippen LogP contribution in [0.4, 0.5) is 0 Å². The highest BCUT2D eigenvalue weighted by Gasteiger charge is 2.57. The van der Waals surface area contributed by atoms with Crippen molar-refractivity contribution in [2.24, 2.45) is 0 Å². The lowest BCUT2D eigenvalue weighted by Gasteiger charge is -2.51. The van der Waals surface area contributed by atoms with E-state index in [9.17, 15) is 65.8 Å². The fourth-order valence-corrected chi connectivity index (χ4v) is 7.86. The van der Waals surface area contributed by atoms with Gasteiger partial charge in [0.1, 0.15) is 97.6 Å². The number of carbonyl (C=O) groups excluding carboxylic acids is 2. The molecular formula is C37H63NO24. The Hall–Kier alpha value is -1.90. The average molecular weight is 906 g/mol. The van der Waals surface area contributed by atoms with Gasteiger partial charge < -0.3 is 114 Å². The molecule has 0 aliphatic carbocycles. The summed E-state index contributed by atoms with van der Waals surface area (Å²) in [4.78, 5) is 24.6. The maximum atomic E-state index is 12.3. The van der Waals surface area contributed by atoms with Crippen molar-refractivity contribution in [2.75, 3.05) is 19.8 Å². The third-order valence-corrected chi connectivity index (χ3v) is 11.4. The molecule has 0 saturated carbocycles. The summed E-state index contributed by atoms with van der Waals surface area (Å²) >= 11 is 0. The van der Waals surface area contributed by atoms with Crippen LogP contribution >= 0.6 is 0 Å². The number of ether oxygens (including phenoxy) is 11. The molecule has 1 amide bonds. The number of aliphatic hydroxyl groups is 11. The van der Waals surface area contributed by atoms with Crippen molar-refractivity contribution in [1.82, 2.24) is 5.32 Å². The Labute approximate surface area is 356 Å². The lowest BCUT2D eigenvalue weighted by molar-refractivity contribution is -0.408. The number of nitrogens with one attached hydrogen (secondary N) is 1. The van der Waals surface area contributed by atoms with E-state index in [1.165, 1.54) is 20.8 Å². The summed E-state index contributed by atoms with van der Waals surface area (Å²) in [6.07, 6.45) is -39.3. The van der Waals surface area contributed by atoms with E-state index in [0.29, 0.717) is 6.42 Å². The van der Waals surface area contributed by atoms with Crippen molar-refractivity contribution in [3.63, 3.8) is 0 Å². The second-order valence-corrected chi connectivity index (χ2v) is 16.1. The van der Waals surface area contributed by atoms with Crippen LogP contribution < -0.4 is 5.32 Å². The Kier molecular flexibility index (Phi) is 18.2. The maximum absolute atomic E-state index is 12.3. The van der Waals surface area contributed by atoms with Gasteiger partial charge in [-0.05, 0) is 27.2 Å². The van der Waals surface area contributed by atoms with E-state index in [4.69, 9.17) is 52.1 Å². The van der Waals surface area contributed by atoms with Crippen molar-refractivity contribution in [3.05, 3.63) is 0 Å². The third-order valence-electron chi connectivity index (χ3n) is 11.4. The molecule has 12 N–H and O–H groups in total. The van der Waals surface area contributed by atoms with Crippen molar-refractivity contribution >= 4 is 11.9 Å². The first-order valence-corrected chi connectivity index (χ1v) is 20.5. The van der Waals surface area contributed by atoms with Gasteiger partial charge in [-0.15, -0.1) is 0 Å². The number of hydrogen-bond acceptors (Lipinski definition) is 24. The molecule has 0 aromatic carbocycles. The molecule has 25 atom stereocenters.